The van der Waals surface area contributed by atoms with Crippen molar-refractivity contribution in [2.45, 2.75) is 232 Å². The number of aliphatic hydroxyl groups excluding tert-OH is 6. The molecule has 0 saturated carbocycles. The molecule has 0 aromatic heterocycles. The highest BCUT2D eigenvalue weighted by Crippen LogP contribution is 2.17. The van der Waals surface area contributed by atoms with E-state index in [1.165, 1.54) is 269 Å². The zero-order valence-electron chi connectivity index (χ0n) is 72.1. The van der Waals surface area contributed by atoms with Crippen LogP contribution in [0.1, 0.15) is 205 Å². The topological polar surface area (TPSA) is 160 Å². The molecule has 4 unspecified atom stereocenters. The van der Waals surface area contributed by atoms with Gasteiger partial charge >= 0.3 is 0 Å². The number of hydrogen-bond donors (Lipinski definition) is 6. The number of hydrogen-bond acceptors (Lipinski definition) is 18. The van der Waals surface area contributed by atoms with Gasteiger partial charge in [-0.2, -0.15) is 0 Å². The number of β-amino-alcohol motifs (C(OH)–C–C–N with tert-alkyl or cyclic N) is 5. The summed E-state index contributed by atoms with van der Waals surface area (Å²) in [6.07, 6.45) is 38.7. The van der Waals surface area contributed by atoms with Crippen LogP contribution >= 0.6 is 0 Å². The van der Waals surface area contributed by atoms with Crippen LogP contribution in [0.3, 0.4) is 0 Å². The van der Waals surface area contributed by atoms with Gasteiger partial charge in [-0.05, 0) is 303 Å². The van der Waals surface area contributed by atoms with Gasteiger partial charge in [0.1, 0.15) is 0 Å². The van der Waals surface area contributed by atoms with Crippen LogP contribution in [0.5, 0.6) is 0 Å². The molecule has 3 aromatic carbocycles. The lowest BCUT2D eigenvalue weighted by atomic mass is 10.2. The number of likely N-dealkylation sites (N-methyl/N-ethyl adjacent to an activating group) is 2. The molecule has 0 amide bonds. The molecular weight excluding hydrogens is 1380 g/mol. The molecule has 111 heavy (non-hydrogen) atoms. The van der Waals surface area contributed by atoms with E-state index in [0.717, 1.165) is 124 Å². The number of benzene rings is 3. The van der Waals surface area contributed by atoms with Crippen molar-refractivity contribution < 1.29 is 30.6 Å². The molecule has 4 atom stereocenters. The second kappa shape index (κ2) is 67.4. The Kier molecular flexibility index (Phi) is 60.6. The lowest BCUT2D eigenvalue weighted by molar-refractivity contribution is 0.0661. The molecule has 0 bridgehead atoms. The van der Waals surface area contributed by atoms with E-state index in [9.17, 15) is 5.11 Å². The fourth-order valence-corrected chi connectivity index (χ4v) is 15.8. The Hall–Kier alpha value is -3.58. The molecule has 11 saturated heterocycles. The van der Waals surface area contributed by atoms with E-state index in [1.807, 2.05) is 19.2 Å². The van der Waals surface area contributed by atoms with Crippen molar-refractivity contribution >= 4 is 0 Å². The third-order valence-corrected chi connectivity index (χ3v) is 22.8. The first-order valence-electron chi connectivity index (χ1n) is 45.2. The average molecular weight is 1550 g/mol. The van der Waals surface area contributed by atoms with Gasteiger partial charge in [0.25, 0.3) is 0 Å². The van der Waals surface area contributed by atoms with Gasteiger partial charge in [-0.3, -0.25) is 14.7 Å². The fourth-order valence-electron chi connectivity index (χ4n) is 15.8. The van der Waals surface area contributed by atoms with Crippen LogP contribution < -0.4 is 0 Å². The molecule has 12 heterocycles. The molecule has 12 aliphatic heterocycles. The zero-order valence-corrected chi connectivity index (χ0v) is 72.1. The quantitative estimate of drug-likeness (QED) is 0.0393. The Morgan fingerprint density at radius 3 is 1.04 bits per heavy atom. The second-order valence-corrected chi connectivity index (χ2v) is 32.9. The minimum absolute atomic E-state index is 0.0463. The summed E-state index contributed by atoms with van der Waals surface area (Å²) in [5.41, 5.74) is 4.18. The smallest absolute Gasteiger partial charge is 0.0897 e. The first kappa shape index (κ1) is 99.8. The predicted molar refractivity (Wildman–Crippen MR) is 471 cm³/mol. The van der Waals surface area contributed by atoms with Crippen LogP contribution in [-0.4, -0.2) is 344 Å². The molecule has 3 aromatic rings. The maximum atomic E-state index is 9.34. The Morgan fingerprint density at radius 1 is 0.360 bits per heavy atom. The van der Waals surface area contributed by atoms with Gasteiger partial charge in [0, 0.05) is 91.6 Å². The molecule has 6 N–H and O–H groups in total. The molecule has 11 fully saturated rings. The second-order valence-electron chi connectivity index (χ2n) is 32.9. The molecule has 12 aliphatic rings. The molecule has 638 valence electrons. The minimum atomic E-state index is -0.543. The normalized spacial score (nSPS) is 22.8. The largest absolute Gasteiger partial charge is 0.395 e. The summed E-state index contributed by atoms with van der Waals surface area (Å²) in [6.45, 7) is 52.2. The van der Waals surface area contributed by atoms with E-state index in [2.05, 4.69) is 197 Å². The van der Waals surface area contributed by atoms with Crippen molar-refractivity contribution in [3.63, 3.8) is 0 Å². The highest BCUT2D eigenvalue weighted by molar-refractivity contribution is 5.17. The molecule has 18 heteroatoms. The molecule has 18 nitrogen and oxygen atoms in total. The van der Waals surface area contributed by atoms with Crippen LogP contribution in [0.2, 0.25) is 0 Å². The Balaban J connectivity index is 0.000000257. The van der Waals surface area contributed by atoms with E-state index < -0.39 is 6.10 Å². The summed E-state index contributed by atoms with van der Waals surface area (Å²) in [7, 11) is 4.20. The first-order chi connectivity index (χ1) is 54.2. The SMILES string of the molecule is C1=CCN(Cc2ccccc2)C1.C=CCCN1CCCC1.CCCCCN1CCCC1.CCCCN1CCCC1.CCN1CCC(O)C1.CCN1CCCC1.CN1CCC(O)C1.CN1CCCC1.OC1CCN(Cc2ccccc2)C1.OCC(O)CN1CCCC1.OCCN1CCCC1.c1ccc(CN2CCCC2)cc1. The van der Waals surface area contributed by atoms with Gasteiger partial charge in [-0.15, -0.1) is 6.58 Å². The number of unbranched alkanes of at least 4 members (excludes halogenated alkanes) is 3. The maximum absolute atomic E-state index is 9.34. The van der Waals surface area contributed by atoms with Gasteiger partial charge < -0.3 is 74.7 Å². The summed E-state index contributed by atoms with van der Waals surface area (Å²) < 4.78 is 0. The van der Waals surface area contributed by atoms with Crippen molar-refractivity contribution in [1.82, 2.24) is 58.8 Å². The third kappa shape index (κ3) is 52.7. The number of nitrogens with zero attached hydrogens (tertiary/aromatic N) is 12. The van der Waals surface area contributed by atoms with Crippen molar-refractivity contribution in [3.05, 3.63) is 132 Å². The van der Waals surface area contributed by atoms with Crippen molar-refractivity contribution in [2.75, 3.05) is 230 Å². The van der Waals surface area contributed by atoms with Gasteiger partial charge in [0.05, 0.1) is 37.6 Å². The lowest BCUT2D eigenvalue weighted by Crippen LogP contribution is -2.31. The molecule has 15 rings (SSSR count). The van der Waals surface area contributed by atoms with E-state index >= 15 is 0 Å². The third-order valence-electron chi connectivity index (χ3n) is 22.8. The molecule has 0 radical (unpaired) electrons. The number of rotatable bonds is 23. The van der Waals surface area contributed by atoms with Crippen LogP contribution in [0.15, 0.2) is 116 Å². The Morgan fingerprint density at radius 2 is 0.712 bits per heavy atom. The van der Waals surface area contributed by atoms with Crippen molar-refractivity contribution in [3.8, 4) is 0 Å². The van der Waals surface area contributed by atoms with Crippen molar-refractivity contribution in [1.29, 1.82) is 0 Å². The zero-order chi connectivity index (χ0) is 79.8. The summed E-state index contributed by atoms with van der Waals surface area (Å²) in [5.74, 6) is 0. The minimum Gasteiger partial charge on any atom is -0.395 e. The van der Waals surface area contributed by atoms with E-state index in [-0.39, 0.29) is 24.9 Å². The summed E-state index contributed by atoms with van der Waals surface area (Å²) in [4.78, 5) is 28.6. The molecular formula is C93H170N12O6. The average Bonchev–Trinajstić information content (AvgIpc) is 1.79. The van der Waals surface area contributed by atoms with Crippen LogP contribution in [-0.2, 0) is 19.6 Å². The van der Waals surface area contributed by atoms with Crippen LogP contribution in [0, 0.1) is 0 Å². The fraction of sp³-hybridized carbons (Fsp3) is 0.763. The van der Waals surface area contributed by atoms with Crippen LogP contribution in [0.25, 0.3) is 0 Å². The summed E-state index contributed by atoms with van der Waals surface area (Å²) >= 11 is 0. The maximum Gasteiger partial charge on any atom is 0.0897 e. The molecule has 0 spiro atoms. The van der Waals surface area contributed by atoms with Crippen molar-refractivity contribution in [2.24, 2.45) is 0 Å². The summed E-state index contributed by atoms with van der Waals surface area (Å²) in [5, 5.41) is 53.2. The monoisotopic (exact) mass is 1550 g/mol. The lowest BCUT2D eigenvalue weighted by Gasteiger charge is -2.17. The van der Waals surface area contributed by atoms with Crippen LogP contribution in [0.4, 0.5) is 0 Å². The Labute approximate surface area is 680 Å². The number of aliphatic hydroxyl groups is 6. The highest BCUT2D eigenvalue weighted by Gasteiger charge is 2.22. The first-order valence-corrected chi connectivity index (χ1v) is 45.2. The van der Waals surface area contributed by atoms with Gasteiger partial charge in [-0.25, -0.2) is 0 Å². The Bertz CT molecular complexity index is 2470. The standard InChI is InChI=1S/C11H15NO.C11H15N.C11H13N.C9H19N.C8H17N.C8H15N.C7H15NO2.2C6H13NO.C6H13N.C5H11NO.C5H11N/c13-11-6-7-12(9-11)8-10-4-2-1-3-5-10;2*1-2-6-11(7-3-1)10-12-8-4-5-9-12;1-2-3-4-7-10-8-5-6-9-10;2*1-2-3-6-9-7-4-5-8-9;9-6-7(10)5-8-3-1-2-4-8;1-2-7-4-3-6(8)5-7;8-6-5-7-3-1-2-4-7;1-2-7-5-3-4-6-7;1-6-3-2-5(7)4-6;1-6-4-2-3-5-6/h1-5,11,13H,6-9H2;1-3,6-7H,4-5,8-10H2;1-7H,8-10H2;2-9H2,1H3;2-8H2,1H3;2H,1,3-8H2;7,9-10H,1-6H2;6,8H,2-5H2,1H3;8H,1-6H2;2-6H2,1H3;5,7H,2-4H2,1H3;2-5H2,1H3. The highest BCUT2D eigenvalue weighted by atomic mass is 16.3. The van der Waals surface area contributed by atoms with Gasteiger partial charge in [0.15, 0.2) is 0 Å². The van der Waals surface area contributed by atoms with E-state index in [0.29, 0.717) is 13.2 Å². The van der Waals surface area contributed by atoms with E-state index in [1.54, 1.807) is 0 Å². The summed E-state index contributed by atoms with van der Waals surface area (Å²) in [6, 6.07) is 31.7. The van der Waals surface area contributed by atoms with Gasteiger partial charge in [0.2, 0.25) is 0 Å². The molecule has 0 aliphatic carbocycles. The number of likely N-dealkylation sites (tertiary alicyclic amines) is 11. The predicted octanol–water partition coefficient (Wildman–Crippen LogP) is 12.5. The van der Waals surface area contributed by atoms with E-state index in [4.69, 9.17) is 25.5 Å². The van der Waals surface area contributed by atoms with Gasteiger partial charge in [-0.1, -0.05) is 156 Å².